The second-order valence-corrected chi connectivity index (χ2v) is 5.38. The first kappa shape index (κ1) is 15.2. The number of aliphatic hydroxyl groups is 1. The minimum atomic E-state index is -0.592. The van der Waals surface area contributed by atoms with Crippen molar-refractivity contribution in [1.82, 2.24) is 9.97 Å². The molecule has 1 aromatic rings. The fraction of sp³-hybridized carbons (Fsp3) is 0.500. The van der Waals surface area contributed by atoms with E-state index in [4.69, 9.17) is 5.73 Å². The summed E-state index contributed by atoms with van der Waals surface area (Å²) < 4.78 is 0. The van der Waals surface area contributed by atoms with Gasteiger partial charge < -0.3 is 21.5 Å². The van der Waals surface area contributed by atoms with Gasteiger partial charge in [0, 0.05) is 17.9 Å². The first-order chi connectivity index (χ1) is 9.95. The third-order valence-corrected chi connectivity index (χ3v) is 3.42. The summed E-state index contributed by atoms with van der Waals surface area (Å²) in [6.07, 6.45) is 4.47. The van der Waals surface area contributed by atoms with E-state index in [1.165, 1.54) is 6.20 Å². The van der Waals surface area contributed by atoms with Gasteiger partial charge in [-0.15, -0.1) is 0 Å². The Kier molecular flexibility index (Phi) is 4.74. The van der Waals surface area contributed by atoms with Crippen molar-refractivity contribution in [3.8, 4) is 0 Å². The number of nitrogens with two attached hydrogens (primary N) is 1. The maximum absolute atomic E-state index is 11.4. The highest BCUT2D eigenvalue weighted by molar-refractivity contribution is 5.97. The van der Waals surface area contributed by atoms with Gasteiger partial charge in [-0.3, -0.25) is 4.79 Å². The van der Waals surface area contributed by atoms with E-state index in [-0.39, 0.29) is 17.7 Å². The molecular formula is C14H21N5O2. The van der Waals surface area contributed by atoms with Gasteiger partial charge in [0.2, 0.25) is 5.95 Å². The van der Waals surface area contributed by atoms with Crippen LogP contribution in [0, 0.1) is 0 Å². The van der Waals surface area contributed by atoms with E-state index in [0.29, 0.717) is 17.5 Å². The molecule has 2 rings (SSSR count). The largest absolute Gasteiger partial charge is 0.393 e. The van der Waals surface area contributed by atoms with Crippen LogP contribution in [0.1, 0.15) is 43.0 Å². The van der Waals surface area contributed by atoms with Crippen LogP contribution in [0.15, 0.2) is 18.5 Å². The Morgan fingerprint density at radius 2 is 2.10 bits per heavy atom. The van der Waals surface area contributed by atoms with E-state index in [9.17, 15) is 9.90 Å². The highest BCUT2D eigenvalue weighted by Crippen LogP contribution is 2.22. The van der Waals surface area contributed by atoms with E-state index >= 15 is 0 Å². The van der Waals surface area contributed by atoms with Crippen LogP contribution in [-0.4, -0.2) is 33.1 Å². The molecule has 0 spiro atoms. The van der Waals surface area contributed by atoms with Gasteiger partial charge in [-0.2, -0.15) is 4.98 Å². The number of amides is 1. The Labute approximate surface area is 123 Å². The summed E-state index contributed by atoms with van der Waals surface area (Å²) >= 11 is 0. The number of aromatic nitrogens is 2. The van der Waals surface area contributed by atoms with E-state index in [2.05, 4.69) is 27.2 Å². The quantitative estimate of drug-likeness (QED) is 0.649. The standard InChI is InChI=1S/C14H21N5O2/c1-8(2)17-13-11(12(15)21)7-16-14(19-13)18-9-3-5-10(20)6-4-9/h7,9-10,20H,1,3-6H2,2H3,(H2,15,21)(H2,16,17,18,19)/t9-,10-. The maximum Gasteiger partial charge on any atom is 0.254 e. The second kappa shape index (κ2) is 6.53. The summed E-state index contributed by atoms with van der Waals surface area (Å²) in [7, 11) is 0. The van der Waals surface area contributed by atoms with Crippen molar-refractivity contribution in [1.29, 1.82) is 0 Å². The van der Waals surface area contributed by atoms with Crippen molar-refractivity contribution >= 4 is 17.7 Å². The zero-order valence-corrected chi connectivity index (χ0v) is 12.1. The Hall–Kier alpha value is -2.15. The van der Waals surface area contributed by atoms with Gasteiger partial charge in [0.25, 0.3) is 5.91 Å². The van der Waals surface area contributed by atoms with Crippen LogP contribution in [0.5, 0.6) is 0 Å². The monoisotopic (exact) mass is 291 g/mol. The molecule has 1 aromatic heterocycles. The van der Waals surface area contributed by atoms with Crippen LogP contribution in [0.3, 0.4) is 0 Å². The lowest BCUT2D eigenvalue weighted by molar-refractivity contribution is 0.100. The first-order valence-corrected chi connectivity index (χ1v) is 6.99. The zero-order chi connectivity index (χ0) is 15.4. The number of carbonyl (C=O) groups excluding carboxylic acids is 1. The molecule has 1 heterocycles. The highest BCUT2D eigenvalue weighted by Gasteiger charge is 2.20. The van der Waals surface area contributed by atoms with Gasteiger partial charge in [-0.05, 0) is 32.6 Å². The molecule has 1 aliphatic carbocycles. The topological polar surface area (TPSA) is 113 Å². The molecular weight excluding hydrogens is 270 g/mol. The summed E-state index contributed by atoms with van der Waals surface area (Å²) in [5, 5.41) is 15.6. The van der Waals surface area contributed by atoms with Crippen molar-refractivity contribution in [2.45, 2.75) is 44.8 Å². The molecule has 0 saturated heterocycles. The molecule has 1 amide bonds. The minimum absolute atomic E-state index is 0.207. The molecule has 5 N–H and O–H groups in total. The van der Waals surface area contributed by atoms with Crippen LogP contribution in [0.25, 0.3) is 0 Å². The third kappa shape index (κ3) is 4.16. The van der Waals surface area contributed by atoms with Gasteiger partial charge in [0.05, 0.1) is 6.10 Å². The average Bonchev–Trinajstić information content (AvgIpc) is 2.40. The summed E-state index contributed by atoms with van der Waals surface area (Å²) in [4.78, 5) is 19.8. The molecule has 21 heavy (non-hydrogen) atoms. The van der Waals surface area contributed by atoms with Crippen LogP contribution in [0.2, 0.25) is 0 Å². The van der Waals surface area contributed by atoms with Gasteiger partial charge in [-0.1, -0.05) is 6.58 Å². The lowest BCUT2D eigenvalue weighted by Crippen LogP contribution is -2.29. The molecule has 1 fully saturated rings. The number of hydrogen-bond acceptors (Lipinski definition) is 6. The van der Waals surface area contributed by atoms with E-state index < -0.39 is 5.91 Å². The summed E-state index contributed by atoms with van der Waals surface area (Å²) in [5.74, 6) is 0.194. The number of hydrogen-bond donors (Lipinski definition) is 4. The third-order valence-electron chi connectivity index (χ3n) is 3.42. The van der Waals surface area contributed by atoms with Crippen molar-refractivity contribution in [2.75, 3.05) is 10.6 Å². The first-order valence-electron chi connectivity index (χ1n) is 6.99. The maximum atomic E-state index is 11.4. The number of rotatable bonds is 5. The number of allylic oxidation sites excluding steroid dienone is 1. The number of anilines is 2. The van der Waals surface area contributed by atoms with E-state index in [1.54, 1.807) is 6.92 Å². The highest BCUT2D eigenvalue weighted by atomic mass is 16.3. The number of primary amides is 1. The van der Waals surface area contributed by atoms with E-state index in [1.807, 2.05) is 0 Å². The minimum Gasteiger partial charge on any atom is -0.393 e. The van der Waals surface area contributed by atoms with Crippen LogP contribution in [-0.2, 0) is 0 Å². The fourth-order valence-electron chi connectivity index (χ4n) is 2.33. The van der Waals surface area contributed by atoms with Gasteiger partial charge in [-0.25, -0.2) is 4.98 Å². The summed E-state index contributed by atoms with van der Waals surface area (Å²) in [6, 6.07) is 0.227. The van der Waals surface area contributed by atoms with E-state index in [0.717, 1.165) is 25.7 Å². The molecule has 0 aromatic carbocycles. The van der Waals surface area contributed by atoms with Crippen molar-refractivity contribution in [3.63, 3.8) is 0 Å². The van der Waals surface area contributed by atoms with Crippen molar-refractivity contribution in [3.05, 3.63) is 24.0 Å². The lowest BCUT2D eigenvalue weighted by atomic mass is 9.93. The van der Waals surface area contributed by atoms with Crippen molar-refractivity contribution < 1.29 is 9.90 Å². The molecule has 0 unspecified atom stereocenters. The summed E-state index contributed by atoms with van der Waals surface area (Å²) in [5.41, 5.74) is 6.18. The number of nitrogens with zero attached hydrogens (tertiary/aromatic N) is 2. The predicted molar refractivity (Wildman–Crippen MR) is 80.9 cm³/mol. The number of nitrogens with one attached hydrogen (secondary N) is 2. The lowest BCUT2D eigenvalue weighted by Gasteiger charge is -2.26. The van der Waals surface area contributed by atoms with Crippen LogP contribution in [0.4, 0.5) is 11.8 Å². The number of aliphatic hydroxyl groups excluding tert-OH is 1. The Bertz CT molecular complexity index is 538. The smallest absolute Gasteiger partial charge is 0.254 e. The number of carbonyl (C=O) groups is 1. The second-order valence-electron chi connectivity index (χ2n) is 5.38. The van der Waals surface area contributed by atoms with Crippen LogP contribution < -0.4 is 16.4 Å². The normalized spacial score (nSPS) is 21.6. The Morgan fingerprint density at radius 1 is 1.43 bits per heavy atom. The Balaban J connectivity index is 2.13. The van der Waals surface area contributed by atoms with Gasteiger partial charge in [0.15, 0.2) is 0 Å². The van der Waals surface area contributed by atoms with Gasteiger partial charge >= 0.3 is 0 Å². The molecule has 7 nitrogen and oxygen atoms in total. The SMILES string of the molecule is C=C(C)Nc1nc(N[C@H]2CC[C@H](O)CC2)ncc1C(N)=O. The predicted octanol–water partition coefficient (Wildman–Crippen LogP) is 1.24. The van der Waals surface area contributed by atoms with Gasteiger partial charge in [0.1, 0.15) is 11.4 Å². The van der Waals surface area contributed by atoms with Crippen LogP contribution >= 0.6 is 0 Å². The fourth-order valence-corrected chi connectivity index (χ4v) is 2.33. The average molecular weight is 291 g/mol. The molecule has 1 aliphatic rings. The zero-order valence-electron chi connectivity index (χ0n) is 12.1. The summed E-state index contributed by atoms with van der Waals surface area (Å²) in [6.45, 7) is 5.50. The molecule has 7 heteroatoms. The molecule has 0 aliphatic heterocycles. The molecule has 1 saturated carbocycles. The molecule has 0 bridgehead atoms. The van der Waals surface area contributed by atoms with Crippen molar-refractivity contribution in [2.24, 2.45) is 5.73 Å². The molecule has 0 atom stereocenters. The Morgan fingerprint density at radius 3 is 2.67 bits per heavy atom. The molecule has 114 valence electrons. The molecule has 0 radical (unpaired) electrons.